The molecule has 0 heterocycles. The molecule has 158 valence electrons. The third-order valence-corrected chi connectivity index (χ3v) is 5.86. The summed E-state index contributed by atoms with van der Waals surface area (Å²) < 4.78 is 69.4. The second-order valence-electron chi connectivity index (χ2n) is 6.68. The standard InChI is InChI=1S/C20H22O7S2.Na.H/c1-13(2)19(15-5-9-17(10-6-15)28(21,22)23)27-20(14(3)4)16-7-11-18(12-8-16)29(24,25)26;;/h5-12,19-20H,1,3H2,2,4H3,(H,21,22,23)(H,24,25,26);;/q;+1;-1. The van der Waals surface area contributed by atoms with Crippen molar-refractivity contribution in [2.75, 3.05) is 0 Å². The molecule has 10 heteroatoms. The van der Waals surface area contributed by atoms with Crippen LogP contribution in [0.1, 0.15) is 38.6 Å². The largest absolute Gasteiger partial charge is 1.00 e. The molecule has 2 rings (SSSR count). The van der Waals surface area contributed by atoms with Crippen LogP contribution < -0.4 is 29.6 Å². The molecule has 0 fully saturated rings. The Morgan fingerprint density at radius 2 is 1.03 bits per heavy atom. The Hall–Kier alpha value is -1.30. The van der Waals surface area contributed by atoms with Crippen LogP contribution in [0.2, 0.25) is 0 Å². The average Bonchev–Trinajstić information content (AvgIpc) is 2.60. The molecule has 0 amide bonds. The summed E-state index contributed by atoms with van der Waals surface area (Å²) >= 11 is 0. The molecule has 30 heavy (non-hydrogen) atoms. The smallest absolute Gasteiger partial charge is 1.00 e. The minimum atomic E-state index is -4.31. The van der Waals surface area contributed by atoms with Crippen LogP contribution in [-0.2, 0) is 25.0 Å². The zero-order valence-electron chi connectivity index (χ0n) is 17.9. The van der Waals surface area contributed by atoms with E-state index >= 15 is 0 Å². The summed E-state index contributed by atoms with van der Waals surface area (Å²) in [4.78, 5) is -0.474. The summed E-state index contributed by atoms with van der Waals surface area (Å²) in [5.74, 6) is 0. The fourth-order valence-corrected chi connectivity index (χ4v) is 3.68. The van der Waals surface area contributed by atoms with Gasteiger partial charge in [0, 0.05) is 0 Å². The number of hydrogen-bond donors (Lipinski definition) is 2. The Morgan fingerprint density at radius 3 is 1.23 bits per heavy atom. The van der Waals surface area contributed by atoms with Crippen molar-refractivity contribution in [2.24, 2.45) is 0 Å². The van der Waals surface area contributed by atoms with Crippen molar-refractivity contribution in [1.29, 1.82) is 0 Å². The normalized spacial score (nSPS) is 13.7. The molecule has 2 aromatic carbocycles. The molecular weight excluding hydrogens is 439 g/mol. The first kappa shape index (κ1) is 26.7. The molecule has 2 aromatic rings. The summed E-state index contributed by atoms with van der Waals surface area (Å²) in [5.41, 5.74) is 2.52. The molecule has 2 N–H and O–H groups in total. The van der Waals surface area contributed by atoms with Crippen LogP contribution in [0.5, 0.6) is 0 Å². The van der Waals surface area contributed by atoms with Gasteiger partial charge >= 0.3 is 29.6 Å². The Kier molecular flexibility index (Phi) is 9.22. The summed E-state index contributed by atoms with van der Waals surface area (Å²) in [6.45, 7) is 11.3. The number of rotatable bonds is 8. The predicted octanol–water partition coefficient (Wildman–Crippen LogP) is 1.25. The minimum Gasteiger partial charge on any atom is -1.00 e. The van der Waals surface area contributed by atoms with E-state index in [0.717, 1.165) is 0 Å². The average molecular weight is 463 g/mol. The van der Waals surface area contributed by atoms with Crippen molar-refractivity contribution in [2.45, 2.75) is 35.8 Å². The Bertz CT molecular complexity index is 1040. The van der Waals surface area contributed by atoms with Crippen LogP contribution in [0.15, 0.2) is 82.6 Å². The molecule has 2 atom stereocenters. The molecule has 0 bridgehead atoms. The molecule has 0 aliphatic rings. The maximum absolute atomic E-state index is 11.2. The zero-order valence-corrected chi connectivity index (χ0v) is 20.6. The summed E-state index contributed by atoms with van der Waals surface area (Å²) in [5, 5.41) is 0. The van der Waals surface area contributed by atoms with Gasteiger partial charge in [-0.15, -0.1) is 0 Å². The quantitative estimate of drug-likeness (QED) is 0.344. The van der Waals surface area contributed by atoms with E-state index in [9.17, 15) is 16.8 Å². The van der Waals surface area contributed by atoms with Gasteiger partial charge in [0.25, 0.3) is 20.2 Å². The monoisotopic (exact) mass is 462 g/mol. The number of ether oxygens (including phenoxy) is 1. The molecule has 0 saturated heterocycles. The van der Waals surface area contributed by atoms with E-state index < -0.39 is 32.4 Å². The van der Waals surface area contributed by atoms with E-state index in [4.69, 9.17) is 13.8 Å². The molecule has 2 unspecified atom stereocenters. The molecule has 0 spiro atoms. The fourth-order valence-electron chi connectivity index (χ4n) is 2.72. The van der Waals surface area contributed by atoms with Gasteiger partial charge < -0.3 is 6.16 Å². The third-order valence-electron chi connectivity index (χ3n) is 4.13. The third kappa shape index (κ3) is 6.86. The summed E-state index contributed by atoms with van der Waals surface area (Å²) in [7, 11) is -8.62. The fraction of sp³-hybridized carbons (Fsp3) is 0.200. The van der Waals surface area contributed by atoms with Gasteiger partial charge in [0.1, 0.15) is 12.2 Å². The first-order valence-electron chi connectivity index (χ1n) is 8.42. The maximum atomic E-state index is 11.2. The van der Waals surface area contributed by atoms with Crippen LogP contribution in [0, 0.1) is 0 Å². The molecule has 0 aromatic heterocycles. The maximum Gasteiger partial charge on any atom is 1.00 e. The Balaban J connectivity index is 0.00000450. The second kappa shape index (κ2) is 10.3. The molecule has 7 nitrogen and oxygen atoms in total. The zero-order chi connectivity index (χ0) is 22.0. The topological polar surface area (TPSA) is 118 Å². The van der Waals surface area contributed by atoms with Gasteiger partial charge in [0.15, 0.2) is 0 Å². The van der Waals surface area contributed by atoms with Crippen molar-refractivity contribution in [3.8, 4) is 0 Å². The van der Waals surface area contributed by atoms with Crippen LogP contribution in [0.25, 0.3) is 0 Å². The van der Waals surface area contributed by atoms with Gasteiger partial charge in [0.2, 0.25) is 0 Å². The SMILES string of the molecule is C=C(C)C(OC(C(=C)C)c1ccc(S(=O)(=O)O)cc1)c1ccc(S(=O)(=O)O)cc1.[H-].[Na+]. The van der Waals surface area contributed by atoms with E-state index in [1.165, 1.54) is 48.5 Å². The number of benzene rings is 2. The Morgan fingerprint density at radius 1 is 0.767 bits per heavy atom. The van der Waals surface area contributed by atoms with E-state index in [2.05, 4.69) is 13.2 Å². The van der Waals surface area contributed by atoms with Crippen molar-refractivity contribution in [3.05, 3.63) is 84.0 Å². The van der Waals surface area contributed by atoms with Crippen molar-refractivity contribution >= 4 is 20.2 Å². The van der Waals surface area contributed by atoms with Crippen LogP contribution in [0.4, 0.5) is 0 Å². The molecule has 0 aliphatic heterocycles. The van der Waals surface area contributed by atoms with E-state index in [-0.39, 0.29) is 40.8 Å². The van der Waals surface area contributed by atoms with Gasteiger partial charge in [-0.05, 0) is 60.4 Å². The molecule has 0 radical (unpaired) electrons. The van der Waals surface area contributed by atoms with Gasteiger partial charge in [-0.25, -0.2) is 0 Å². The van der Waals surface area contributed by atoms with Crippen molar-refractivity contribution in [3.63, 3.8) is 0 Å². The van der Waals surface area contributed by atoms with Gasteiger partial charge in [-0.3, -0.25) is 9.11 Å². The summed E-state index contributed by atoms with van der Waals surface area (Å²) in [6, 6.07) is 11.1. The van der Waals surface area contributed by atoms with Crippen LogP contribution in [0.3, 0.4) is 0 Å². The van der Waals surface area contributed by atoms with Crippen LogP contribution in [-0.4, -0.2) is 25.9 Å². The van der Waals surface area contributed by atoms with Gasteiger partial charge in [0.05, 0.1) is 9.79 Å². The number of hydrogen-bond acceptors (Lipinski definition) is 5. The first-order valence-corrected chi connectivity index (χ1v) is 11.3. The second-order valence-corrected chi connectivity index (χ2v) is 9.52. The first-order chi connectivity index (χ1) is 13.3. The van der Waals surface area contributed by atoms with E-state index in [1.54, 1.807) is 13.8 Å². The predicted molar refractivity (Wildman–Crippen MR) is 110 cm³/mol. The molecular formula is C20H23NaO7S2. The van der Waals surface area contributed by atoms with E-state index in [1.807, 2.05) is 0 Å². The molecule has 0 aliphatic carbocycles. The Labute approximate surface area is 200 Å². The van der Waals surface area contributed by atoms with Gasteiger partial charge in [-0.1, -0.05) is 37.4 Å². The van der Waals surface area contributed by atoms with Gasteiger partial charge in [-0.2, -0.15) is 16.8 Å². The van der Waals surface area contributed by atoms with Crippen LogP contribution >= 0.6 is 0 Å². The molecule has 0 saturated carbocycles. The minimum absolute atomic E-state index is 0. The van der Waals surface area contributed by atoms with Crippen molar-refractivity contribution in [1.82, 2.24) is 0 Å². The summed E-state index contributed by atoms with van der Waals surface area (Å²) in [6.07, 6.45) is -1.23. The van der Waals surface area contributed by atoms with Crippen molar-refractivity contribution < 1.29 is 61.7 Å². The van der Waals surface area contributed by atoms with E-state index in [0.29, 0.717) is 22.3 Å².